The summed E-state index contributed by atoms with van der Waals surface area (Å²) in [5, 5.41) is 23.6. The molecule has 0 unspecified atom stereocenters. The van der Waals surface area contributed by atoms with Gasteiger partial charge >= 0.3 is 0 Å². The van der Waals surface area contributed by atoms with Crippen molar-refractivity contribution in [1.82, 2.24) is 6.15 Å². The molecule has 0 atom stereocenters. The number of carbonyl (C=O) groups is 2. The lowest BCUT2D eigenvalue weighted by molar-refractivity contribution is -0.870. The number of rotatable bonds is 3. The molecule has 0 heterocycles. The van der Waals surface area contributed by atoms with E-state index >= 15 is 0 Å². The minimum absolute atomic E-state index is 0. The number of quaternary nitrogens is 1. The molecule has 15 heavy (non-hydrogen) atoms. The van der Waals surface area contributed by atoms with Crippen LogP contribution < -0.4 is 11.3 Å². The van der Waals surface area contributed by atoms with Crippen molar-refractivity contribution in [1.29, 1.82) is 0 Å². The zero-order chi connectivity index (χ0) is 12.0. The Kier molecular flexibility index (Phi) is 29.2. The summed E-state index contributed by atoms with van der Waals surface area (Å²) >= 11 is 0. The van der Waals surface area contributed by atoms with E-state index < -0.39 is 6.47 Å². The molecule has 0 aromatic heterocycles. The molecule has 0 aromatic rings. The first kappa shape index (κ1) is 23.6. The Bertz CT molecular complexity index is 119. The maximum atomic E-state index is 8.42. The smallest absolute Gasteiger partial charge is 0.290 e. The molecule has 0 bridgehead atoms. The average Bonchev–Trinajstić information content (AvgIpc) is 2.02. The van der Waals surface area contributed by atoms with Gasteiger partial charge in [0, 0.05) is 19.5 Å². The minimum atomic E-state index is -0.500. The maximum absolute atomic E-state index is 8.42. The van der Waals surface area contributed by atoms with E-state index in [2.05, 4.69) is 21.1 Å². The van der Waals surface area contributed by atoms with Crippen molar-refractivity contribution in [2.24, 2.45) is 0 Å². The Labute approximate surface area is 90.1 Å². The van der Waals surface area contributed by atoms with Crippen LogP contribution in [0, 0.1) is 0 Å². The van der Waals surface area contributed by atoms with Gasteiger partial charge in [-0.25, -0.2) is 0 Å². The number of carbonyl (C=O) groups excluding carboxylic acids is 1. The molecular weight excluding hydrogens is 204 g/mol. The lowest BCUT2D eigenvalue weighted by Crippen LogP contribution is -2.35. The molecule has 0 saturated heterocycles. The first-order chi connectivity index (χ1) is 6.39. The number of aliphatic hydroxyl groups is 1. The summed E-state index contributed by atoms with van der Waals surface area (Å²) in [5.74, 6) is 0. The summed E-state index contributed by atoms with van der Waals surface area (Å²) in [4.78, 5) is 16.6. The van der Waals surface area contributed by atoms with Gasteiger partial charge in [0.2, 0.25) is 0 Å². The average molecular weight is 226 g/mol. The fraction of sp³-hybridized carbons (Fsp3) is 0.750. The normalized spacial score (nSPS) is 8.00. The third kappa shape index (κ3) is 103. The van der Waals surface area contributed by atoms with Gasteiger partial charge in [-0.05, 0) is 0 Å². The Hall–Kier alpha value is -1.18. The van der Waals surface area contributed by atoms with Crippen molar-refractivity contribution in [3.8, 4) is 0 Å². The van der Waals surface area contributed by atoms with Gasteiger partial charge in [-0.2, -0.15) is 0 Å². The second kappa shape index (κ2) is 18.6. The Morgan fingerprint density at radius 3 is 1.60 bits per heavy atom. The number of nitrogens with zero attached hydrogens (tertiary/aromatic N) is 1. The molecule has 0 amide bonds. The molecule has 0 spiro atoms. The van der Waals surface area contributed by atoms with Gasteiger partial charge in [0.1, 0.15) is 0 Å². The molecule has 7 nitrogen and oxygen atoms in total. The topological polar surface area (TPSA) is 133 Å². The third-order valence-corrected chi connectivity index (χ3v) is 0.987. The number of aliphatic hydroxyl groups excluding tert-OH is 1. The molecule has 0 aliphatic heterocycles. The van der Waals surface area contributed by atoms with Crippen LogP contribution in [0.1, 0.15) is 6.42 Å². The van der Waals surface area contributed by atoms with Crippen LogP contribution in [0.5, 0.6) is 0 Å². The largest absolute Gasteiger partial charge is 0.554 e. The fourth-order valence-corrected chi connectivity index (χ4v) is 0.545. The molecule has 0 aliphatic carbocycles. The van der Waals surface area contributed by atoms with Crippen LogP contribution in [-0.4, -0.2) is 61.9 Å². The molecule has 0 fully saturated rings. The van der Waals surface area contributed by atoms with Gasteiger partial charge in [0.15, 0.2) is 0 Å². The molecule has 5 N–H and O–H groups in total. The minimum Gasteiger partial charge on any atom is -0.554 e. The lowest BCUT2D eigenvalue weighted by atomic mass is 10.4. The van der Waals surface area contributed by atoms with Crippen molar-refractivity contribution >= 4 is 12.9 Å². The van der Waals surface area contributed by atoms with Crippen LogP contribution in [0.2, 0.25) is 0 Å². The highest BCUT2D eigenvalue weighted by Crippen LogP contribution is 1.90. The zero-order valence-corrected chi connectivity index (χ0v) is 9.55. The summed E-state index contributed by atoms with van der Waals surface area (Å²) in [6, 6.07) is 0. The van der Waals surface area contributed by atoms with E-state index in [0.29, 0.717) is 6.61 Å². The summed E-state index contributed by atoms with van der Waals surface area (Å²) in [7, 11) is 6.36. The highest BCUT2D eigenvalue weighted by Gasteiger charge is 2.03. The van der Waals surface area contributed by atoms with Crippen molar-refractivity contribution in [3.63, 3.8) is 0 Å². The molecule has 0 aliphatic rings. The standard InChI is InChI=1S/C6H16NO.2CH2O2.H3N/c1-7(2,3)5-4-6-8;2*2-1-3;/h8H,4-6H2,1-3H3;2*1H,(H,2,3);1H3/q+1;;;/p-1. The lowest BCUT2D eigenvalue weighted by Gasteiger charge is -2.22. The van der Waals surface area contributed by atoms with Crippen LogP contribution in [0.25, 0.3) is 0 Å². The molecule has 0 saturated carbocycles. The van der Waals surface area contributed by atoms with Gasteiger partial charge in [-0.1, -0.05) is 0 Å². The molecule has 0 radical (unpaired) electrons. The predicted octanol–water partition coefficient (Wildman–Crippen LogP) is -1.70. The number of carboxylic acid groups (broad SMARTS) is 2. The first-order valence-electron chi connectivity index (χ1n) is 3.94. The summed E-state index contributed by atoms with van der Waals surface area (Å²) in [6.45, 7) is 0.617. The van der Waals surface area contributed by atoms with Gasteiger partial charge in [-0.3, -0.25) is 4.79 Å². The number of hydrogen-bond donors (Lipinski definition) is 3. The van der Waals surface area contributed by atoms with Crippen molar-refractivity contribution in [3.05, 3.63) is 0 Å². The molecular formula is C8H22N2O5. The van der Waals surface area contributed by atoms with Crippen molar-refractivity contribution in [2.75, 3.05) is 34.3 Å². The second-order valence-corrected chi connectivity index (χ2v) is 3.29. The second-order valence-electron chi connectivity index (χ2n) is 3.29. The summed E-state index contributed by atoms with van der Waals surface area (Å²) in [5.41, 5.74) is 0. The van der Waals surface area contributed by atoms with Crippen molar-refractivity contribution in [2.45, 2.75) is 6.42 Å². The summed E-state index contributed by atoms with van der Waals surface area (Å²) < 4.78 is 0.945. The van der Waals surface area contributed by atoms with Gasteiger partial charge in [0.05, 0.1) is 27.7 Å². The molecule has 0 aromatic carbocycles. The highest BCUT2D eigenvalue weighted by atomic mass is 16.3. The SMILES string of the molecule is C[N+](C)(C)CCCO.N.O=CO.O=C[O-]. The van der Waals surface area contributed by atoms with E-state index in [0.717, 1.165) is 17.4 Å². The Morgan fingerprint density at radius 2 is 1.53 bits per heavy atom. The van der Waals surface area contributed by atoms with Crippen LogP contribution in [-0.2, 0) is 9.59 Å². The van der Waals surface area contributed by atoms with E-state index in [4.69, 9.17) is 24.9 Å². The van der Waals surface area contributed by atoms with Gasteiger partial charge in [0.25, 0.3) is 6.47 Å². The van der Waals surface area contributed by atoms with Crippen molar-refractivity contribution < 1.29 is 29.4 Å². The fourth-order valence-electron chi connectivity index (χ4n) is 0.545. The van der Waals surface area contributed by atoms with Crippen LogP contribution >= 0.6 is 0 Å². The molecule has 94 valence electrons. The zero-order valence-electron chi connectivity index (χ0n) is 9.55. The van der Waals surface area contributed by atoms with E-state index in [9.17, 15) is 0 Å². The predicted molar refractivity (Wildman–Crippen MR) is 54.4 cm³/mol. The van der Waals surface area contributed by atoms with Gasteiger partial charge in [-0.15, -0.1) is 0 Å². The monoisotopic (exact) mass is 226 g/mol. The first-order valence-corrected chi connectivity index (χ1v) is 3.94. The highest BCUT2D eigenvalue weighted by molar-refractivity contribution is 5.32. The van der Waals surface area contributed by atoms with Crippen LogP contribution in [0.3, 0.4) is 0 Å². The summed E-state index contributed by atoms with van der Waals surface area (Å²) in [6.07, 6.45) is 0.906. The Balaban J connectivity index is -0.0000000733. The van der Waals surface area contributed by atoms with Gasteiger partial charge < -0.3 is 30.7 Å². The maximum Gasteiger partial charge on any atom is 0.290 e. The van der Waals surface area contributed by atoms with Crippen LogP contribution in [0.4, 0.5) is 0 Å². The van der Waals surface area contributed by atoms with E-state index in [1.807, 2.05) is 0 Å². The van der Waals surface area contributed by atoms with Crippen LogP contribution in [0.15, 0.2) is 0 Å². The molecule has 7 heteroatoms. The Morgan fingerprint density at radius 1 is 1.27 bits per heavy atom. The van der Waals surface area contributed by atoms with E-state index in [1.165, 1.54) is 0 Å². The van der Waals surface area contributed by atoms with E-state index in [-0.39, 0.29) is 12.6 Å². The molecule has 0 rings (SSSR count). The quantitative estimate of drug-likeness (QED) is 0.388. The third-order valence-electron chi connectivity index (χ3n) is 0.987. The number of hydrogen-bond acceptors (Lipinski definition) is 5. The van der Waals surface area contributed by atoms with E-state index in [1.54, 1.807) is 0 Å².